The van der Waals surface area contributed by atoms with Crippen molar-refractivity contribution in [1.29, 1.82) is 0 Å². The topological polar surface area (TPSA) is 54.9 Å². The van der Waals surface area contributed by atoms with Crippen LogP contribution in [0.4, 0.5) is 0 Å². The Morgan fingerprint density at radius 3 is 3.03 bits per heavy atom. The lowest BCUT2D eigenvalue weighted by Crippen LogP contribution is -2.47. The maximum Gasteiger partial charge on any atom is 0.227 e. The second-order valence-corrected chi connectivity index (χ2v) is 8.78. The molecule has 2 bridgehead atoms. The number of thiazole rings is 1. The molecule has 5 heterocycles. The first-order chi connectivity index (χ1) is 14.2. The first-order valence-electron chi connectivity index (χ1n) is 10.1. The Balaban J connectivity index is 1.31. The fraction of sp³-hybridized carbons (Fsp3) is 0.455. The minimum atomic E-state index is 0.0878. The average Bonchev–Trinajstić information content (AvgIpc) is 3.12. The number of carbonyl (C=O) groups is 1. The van der Waals surface area contributed by atoms with Gasteiger partial charge in [0.1, 0.15) is 18.1 Å². The first-order valence-corrected chi connectivity index (χ1v) is 11.0. The van der Waals surface area contributed by atoms with Gasteiger partial charge in [-0.15, -0.1) is 11.3 Å². The van der Waals surface area contributed by atoms with Gasteiger partial charge in [-0.2, -0.15) is 0 Å². The van der Waals surface area contributed by atoms with Crippen LogP contribution in [0.2, 0.25) is 0 Å². The molecule has 0 spiro atoms. The minimum Gasteiger partial charge on any atom is -0.497 e. The van der Waals surface area contributed by atoms with Gasteiger partial charge in [-0.25, -0.2) is 4.98 Å². The van der Waals surface area contributed by atoms with Gasteiger partial charge in [-0.05, 0) is 42.7 Å². The van der Waals surface area contributed by atoms with Crippen molar-refractivity contribution in [3.05, 3.63) is 45.9 Å². The highest BCUT2D eigenvalue weighted by Gasteiger charge is 2.40. The Kier molecular flexibility index (Phi) is 5.01. The zero-order valence-electron chi connectivity index (χ0n) is 16.5. The summed E-state index contributed by atoms with van der Waals surface area (Å²) in [6, 6.07) is 6.16. The van der Waals surface area contributed by atoms with Gasteiger partial charge in [0, 0.05) is 36.6 Å². The summed E-state index contributed by atoms with van der Waals surface area (Å²) in [4.78, 5) is 21.9. The summed E-state index contributed by atoms with van der Waals surface area (Å²) in [5.41, 5.74) is 5.14. The lowest BCUT2D eigenvalue weighted by Gasteiger charge is -2.35. The number of methoxy groups -OCH3 is 1. The van der Waals surface area contributed by atoms with E-state index in [2.05, 4.69) is 20.9 Å². The molecule has 29 heavy (non-hydrogen) atoms. The van der Waals surface area contributed by atoms with Gasteiger partial charge in [0.2, 0.25) is 5.91 Å². The highest BCUT2D eigenvalue weighted by molar-refractivity contribution is 7.07. The summed E-state index contributed by atoms with van der Waals surface area (Å²) >= 11 is 1.59. The van der Waals surface area contributed by atoms with Gasteiger partial charge < -0.3 is 14.4 Å². The molecule has 2 aromatic rings. The summed E-state index contributed by atoms with van der Waals surface area (Å²) in [6.45, 7) is 3.80. The fourth-order valence-corrected chi connectivity index (χ4v) is 5.21. The number of carbonyl (C=O) groups excluding carboxylic acids is 1. The highest BCUT2D eigenvalue weighted by atomic mass is 32.1. The lowest BCUT2D eigenvalue weighted by molar-refractivity contribution is -0.140. The zero-order valence-corrected chi connectivity index (χ0v) is 17.4. The van der Waals surface area contributed by atoms with Crippen LogP contribution in [0.1, 0.15) is 24.1 Å². The smallest absolute Gasteiger partial charge is 0.227 e. The van der Waals surface area contributed by atoms with Gasteiger partial charge in [0.15, 0.2) is 0 Å². The van der Waals surface area contributed by atoms with E-state index in [0.29, 0.717) is 19.1 Å². The molecule has 4 aliphatic rings. The fourth-order valence-electron chi connectivity index (χ4n) is 4.67. The molecule has 3 fully saturated rings. The summed E-state index contributed by atoms with van der Waals surface area (Å²) in [6.07, 6.45) is 4.28. The van der Waals surface area contributed by atoms with Gasteiger partial charge in [-0.3, -0.25) is 9.69 Å². The summed E-state index contributed by atoms with van der Waals surface area (Å²) in [7, 11) is 1.68. The van der Waals surface area contributed by atoms with Crippen molar-refractivity contribution in [2.75, 3.05) is 33.4 Å². The van der Waals surface area contributed by atoms with E-state index >= 15 is 0 Å². The minimum absolute atomic E-state index is 0.0878. The average molecular weight is 412 g/mol. The molecule has 2 atom stereocenters. The van der Waals surface area contributed by atoms with Crippen molar-refractivity contribution in [3.63, 3.8) is 0 Å². The lowest BCUT2D eigenvalue weighted by atomic mass is 9.94. The first kappa shape index (κ1) is 18.6. The van der Waals surface area contributed by atoms with E-state index in [4.69, 9.17) is 9.47 Å². The molecule has 4 aliphatic heterocycles. The predicted octanol–water partition coefficient (Wildman–Crippen LogP) is 3.05. The Morgan fingerprint density at radius 2 is 2.21 bits per heavy atom. The molecule has 152 valence electrons. The Morgan fingerprint density at radius 1 is 1.28 bits per heavy atom. The van der Waals surface area contributed by atoms with E-state index in [-0.39, 0.29) is 12.0 Å². The van der Waals surface area contributed by atoms with Crippen LogP contribution < -0.4 is 9.47 Å². The number of benzene rings is 1. The number of rotatable bonds is 5. The van der Waals surface area contributed by atoms with Crippen LogP contribution in [-0.2, 0) is 11.3 Å². The van der Waals surface area contributed by atoms with Crippen molar-refractivity contribution >= 4 is 23.3 Å². The monoisotopic (exact) mass is 411 g/mol. The van der Waals surface area contributed by atoms with Crippen molar-refractivity contribution in [2.45, 2.75) is 25.4 Å². The zero-order chi connectivity index (χ0) is 19.8. The van der Waals surface area contributed by atoms with Gasteiger partial charge >= 0.3 is 0 Å². The van der Waals surface area contributed by atoms with E-state index in [0.717, 1.165) is 55.2 Å². The third kappa shape index (κ3) is 3.76. The molecular weight excluding hydrogens is 386 g/mol. The number of piperidine rings is 1. The number of aromatic nitrogens is 1. The Labute approximate surface area is 174 Å². The largest absolute Gasteiger partial charge is 0.497 e. The van der Waals surface area contributed by atoms with Gasteiger partial charge in [-0.1, -0.05) is 0 Å². The van der Waals surface area contributed by atoms with Crippen LogP contribution in [-0.4, -0.2) is 60.1 Å². The maximum atomic E-state index is 13.0. The predicted molar refractivity (Wildman–Crippen MR) is 112 cm³/mol. The molecule has 0 aliphatic carbocycles. The van der Waals surface area contributed by atoms with E-state index < -0.39 is 0 Å². The van der Waals surface area contributed by atoms with Gasteiger partial charge in [0.05, 0.1) is 30.8 Å². The molecule has 3 saturated heterocycles. The molecule has 0 radical (unpaired) electrons. The van der Waals surface area contributed by atoms with Crippen molar-refractivity contribution < 1.29 is 14.3 Å². The van der Waals surface area contributed by atoms with Crippen molar-refractivity contribution in [3.8, 4) is 11.5 Å². The molecule has 6 nitrogen and oxygen atoms in total. The van der Waals surface area contributed by atoms with Crippen LogP contribution in [0, 0.1) is 5.92 Å². The molecule has 2 unspecified atom stereocenters. The van der Waals surface area contributed by atoms with Crippen LogP contribution in [0.5, 0.6) is 11.5 Å². The standard InChI is InChI=1S/C22H25N3O3S/c1-27-20-4-5-21-17(7-20)6-15(12-28-21)8-24-9-16-2-3-19(11-24)25(22(16)26)10-18-13-29-14-23-18/h4-7,13-14,16,19H,2-3,8-12H2,1H3. The van der Waals surface area contributed by atoms with Crippen LogP contribution in [0.15, 0.2) is 34.7 Å². The second-order valence-electron chi connectivity index (χ2n) is 8.06. The van der Waals surface area contributed by atoms with Crippen molar-refractivity contribution in [2.24, 2.45) is 5.92 Å². The van der Waals surface area contributed by atoms with Crippen LogP contribution in [0.25, 0.3) is 6.08 Å². The number of amides is 1. The van der Waals surface area contributed by atoms with E-state index in [9.17, 15) is 4.79 Å². The van der Waals surface area contributed by atoms with Crippen molar-refractivity contribution in [1.82, 2.24) is 14.8 Å². The van der Waals surface area contributed by atoms with Crippen LogP contribution in [0.3, 0.4) is 0 Å². The number of ether oxygens (including phenoxy) is 2. The Hall–Kier alpha value is -2.38. The molecule has 1 amide bonds. The molecule has 6 rings (SSSR count). The number of hydrogen-bond donors (Lipinski definition) is 0. The number of fused-ring (bicyclic) bond motifs is 5. The maximum absolute atomic E-state index is 13.0. The Bertz CT molecular complexity index is 927. The third-order valence-corrected chi connectivity index (χ3v) is 6.74. The van der Waals surface area contributed by atoms with E-state index in [1.54, 1.807) is 18.4 Å². The number of nitrogens with zero attached hydrogens (tertiary/aromatic N) is 3. The normalized spacial score (nSPS) is 24.0. The summed E-state index contributed by atoms with van der Waals surface area (Å²) < 4.78 is 11.3. The third-order valence-electron chi connectivity index (χ3n) is 6.10. The van der Waals surface area contributed by atoms with Gasteiger partial charge in [0.25, 0.3) is 0 Å². The molecule has 7 heteroatoms. The van der Waals surface area contributed by atoms with E-state index in [1.165, 1.54) is 5.57 Å². The van der Waals surface area contributed by atoms with E-state index in [1.807, 2.05) is 29.1 Å². The molecule has 0 N–H and O–H groups in total. The quantitative estimate of drug-likeness (QED) is 0.757. The second kappa shape index (κ2) is 7.80. The van der Waals surface area contributed by atoms with Crippen LogP contribution >= 0.6 is 11.3 Å². The molecule has 1 aromatic carbocycles. The number of hydrogen-bond acceptors (Lipinski definition) is 6. The summed E-state index contributed by atoms with van der Waals surface area (Å²) in [5.74, 6) is 2.11. The molecular formula is C22H25N3O3S. The highest BCUT2D eigenvalue weighted by Crippen LogP contribution is 2.33. The SMILES string of the molecule is COc1ccc2c(c1)C=C(CN1CC3CCC(C1)N(Cc1cscn1)C3=O)CO2. The molecule has 1 aromatic heterocycles. The molecule has 0 saturated carbocycles. The summed E-state index contributed by atoms with van der Waals surface area (Å²) in [5, 5.41) is 2.04.